The molecular formula is C21H23N5O4S. The lowest BCUT2D eigenvalue weighted by atomic mass is 9.97. The van der Waals surface area contributed by atoms with Crippen molar-refractivity contribution in [1.82, 2.24) is 20.1 Å². The second-order valence-electron chi connectivity index (χ2n) is 7.32. The zero-order valence-corrected chi connectivity index (χ0v) is 17.8. The van der Waals surface area contributed by atoms with Gasteiger partial charge >= 0.3 is 0 Å². The van der Waals surface area contributed by atoms with E-state index in [1.807, 2.05) is 0 Å². The fraction of sp³-hybridized carbons (Fsp3) is 0.286. The number of aromatic nitrogens is 3. The molecule has 2 heterocycles. The first-order valence-corrected chi connectivity index (χ1v) is 11.4. The van der Waals surface area contributed by atoms with Gasteiger partial charge in [0.15, 0.2) is 0 Å². The summed E-state index contributed by atoms with van der Waals surface area (Å²) in [6.45, 7) is 1.20. The van der Waals surface area contributed by atoms with Crippen LogP contribution in [-0.4, -0.2) is 54.6 Å². The molecule has 10 heteroatoms. The molecule has 0 radical (unpaired) electrons. The molecule has 1 aromatic heterocycles. The van der Waals surface area contributed by atoms with Gasteiger partial charge in [0.1, 0.15) is 17.9 Å². The van der Waals surface area contributed by atoms with Crippen LogP contribution >= 0.6 is 0 Å². The Bertz CT molecular complexity index is 1130. The highest BCUT2D eigenvalue weighted by Gasteiger charge is 2.27. The van der Waals surface area contributed by atoms with E-state index in [2.05, 4.69) is 19.9 Å². The number of likely N-dealkylation sites (tertiary alicyclic amines) is 1. The summed E-state index contributed by atoms with van der Waals surface area (Å²) in [6, 6.07) is 12.6. The third kappa shape index (κ3) is 4.69. The van der Waals surface area contributed by atoms with E-state index >= 15 is 0 Å². The Morgan fingerprint density at radius 3 is 2.55 bits per heavy atom. The van der Waals surface area contributed by atoms with Crippen LogP contribution in [0, 0.1) is 0 Å². The number of anilines is 1. The Morgan fingerprint density at radius 1 is 1.16 bits per heavy atom. The molecule has 9 nitrogen and oxygen atoms in total. The highest BCUT2D eigenvalue weighted by atomic mass is 32.2. The van der Waals surface area contributed by atoms with Crippen LogP contribution in [0.4, 0.5) is 5.69 Å². The lowest BCUT2D eigenvalue weighted by Crippen LogP contribution is -2.39. The molecule has 1 aliphatic heterocycles. The van der Waals surface area contributed by atoms with Crippen LogP contribution in [-0.2, 0) is 10.0 Å². The molecule has 0 aliphatic carbocycles. The number of piperidine rings is 1. The molecule has 1 fully saturated rings. The number of carbonyl (C=O) groups is 1. The summed E-state index contributed by atoms with van der Waals surface area (Å²) < 4.78 is 32.9. The van der Waals surface area contributed by atoms with Crippen molar-refractivity contribution in [1.29, 1.82) is 0 Å². The second-order valence-corrected chi connectivity index (χ2v) is 9.00. The van der Waals surface area contributed by atoms with Gasteiger partial charge < -0.3 is 9.64 Å². The molecule has 0 unspecified atom stereocenters. The minimum atomic E-state index is -3.77. The molecule has 0 saturated carbocycles. The summed E-state index contributed by atoms with van der Waals surface area (Å²) in [7, 11) is -2.23. The molecule has 1 amide bonds. The Kier molecular flexibility index (Phi) is 5.90. The molecule has 2 N–H and O–H groups in total. The molecule has 162 valence electrons. The summed E-state index contributed by atoms with van der Waals surface area (Å²) in [4.78, 5) is 19.0. The minimum absolute atomic E-state index is 0.0815. The monoisotopic (exact) mass is 441 g/mol. The summed E-state index contributed by atoms with van der Waals surface area (Å²) in [5.74, 6) is 1.41. The Labute approximate surface area is 180 Å². The maximum atomic E-state index is 12.9. The summed E-state index contributed by atoms with van der Waals surface area (Å²) >= 11 is 0. The van der Waals surface area contributed by atoms with Gasteiger partial charge in [-0.2, -0.15) is 5.10 Å². The van der Waals surface area contributed by atoms with Gasteiger partial charge in [-0.1, -0.05) is 0 Å². The maximum Gasteiger partial charge on any atom is 0.261 e. The van der Waals surface area contributed by atoms with Gasteiger partial charge in [-0.25, -0.2) is 13.4 Å². The normalized spacial score (nSPS) is 16.7. The topological polar surface area (TPSA) is 117 Å². The van der Waals surface area contributed by atoms with Gasteiger partial charge in [0.25, 0.3) is 15.9 Å². The number of carbonyl (C=O) groups excluding carboxylic acids is 1. The number of aromatic amines is 1. The molecule has 4 rings (SSSR count). The van der Waals surface area contributed by atoms with Crippen molar-refractivity contribution in [2.24, 2.45) is 0 Å². The molecule has 1 atom stereocenters. The summed E-state index contributed by atoms with van der Waals surface area (Å²) in [6.07, 6.45) is 3.28. The van der Waals surface area contributed by atoms with Crippen molar-refractivity contribution in [2.45, 2.75) is 23.7 Å². The number of nitrogens with one attached hydrogen (secondary N) is 2. The number of hydrogen-bond donors (Lipinski definition) is 2. The van der Waals surface area contributed by atoms with Crippen LogP contribution in [0.25, 0.3) is 0 Å². The molecule has 0 bridgehead atoms. The third-order valence-corrected chi connectivity index (χ3v) is 6.68. The van der Waals surface area contributed by atoms with E-state index in [1.54, 1.807) is 48.4 Å². The highest BCUT2D eigenvalue weighted by Crippen LogP contribution is 2.26. The predicted molar refractivity (Wildman–Crippen MR) is 115 cm³/mol. The zero-order chi connectivity index (χ0) is 21.8. The summed E-state index contributed by atoms with van der Waals surface area (Å²) in [5, 5.41) is 6.76. The van der Waals surface area contributed by atoms with Gasteiger partial charge in [-0.15, -0.1) is 0 Å². The van der Waals surface area contributed by atoms with E-state index in [-0.39, 0.29) is 16.7 Å². The third-order valence-electron chi connectivity index (χ3n) is 5.28. The smallest absolute Gasteiger partial charge is 0.261 e. The number of ether oxygens (including phenoxy) is 1. The van der Waals surface area contributed by atoms with Crippen molar-refractivity contribution in [3.63, 3.8) is 0 Å². The van der Waals surface area contributed by atoms with Gasteiger partial charge in [-0.3, -0.25) is 14.6 Å². The van der Waals surface area contributed by atoms with Gasteiger partial charge in [-0.05, 0) is 61.4 Å². The van der Waals surface area contributed by atoms with E-state index in [1.165, 1.54) is 18.5 Å². The van der Waals surface area contributed by atoms with E-state index < -0.39 is 10.0 Å². The molecular weight excluding hydrogens is 418 g/mol. The number of benzene rings is 2. The molecule has 3 aromatic rings. The van der Waals surface area contributed by atoms with Crippen LogP contribution in [0.2, 0.25) is 0 Å². The van der Waals surface area contributed by atoms with Crippen molar-refractivity contribution < 1.29 is 17.9 Å². The first-order valence-electron chi connectivity index (χ1n) is 9.88. The SMILES string of the molecule is COc1ccc(NS(=O)(=O)c2ccc(C(=O)N3CCC[C@@H](c4ncn[nH]4)C3)cc2)cc1. The van der Waals surface area contributed by atoms with E-state index in [0.717, 1.165) is 18.7 Å². The van der Waals surface area contributed by atoms with Gasteiger partial charge in [0, 0.05) is 30.3 Å². The Balaban J connectivity index is 1.44. The Hall–Kier alpha value is -3.40. The van der Waals surface area contributed by atoms with E-state index in [4.69, 9.17) is 4.74 Å². The number of nitrogens with zero attached hydrogens (tertiary/aromatic N) is 3. The number of hydrogen-bond acceptors (Lipinski definition) is 6. The Morgan fingerprint density at radius 2 is 1.90 bits per heavy atom. The quantitative estimate of drug-likeness (QED) is 0.607. The number of rotatable bonds is 6. The molecule has 31 heavy (non-hydrogen) atoms. The standard InChI is InChI=1S/C21H23N5O4S/c1-30-18-8-6-17(7-9-18)25-31(28,29)19-10-4-15(5-11-19)21(27)26-12-2-3-16(13-26)20-22-14-23-24-20/h4-11,14,16,25H,2-3,12-13H2,1H3,(H,22,23,24)/t16-/m1/s1. The largest absolute Gasteiger partial charge is 0.497 e. The molecule has 2 aromatic carbocycles. The van der Waals surface area contributed by atoms with Crippen LogP contribution in [0.15, 0.2) is 59.8 Å². The van der Waals surface area contributed by atoms with E-state index in [9.17, 15) is 13.2 Å². The number of amides is 1. The van der Waals surface area contributed by atoms with Gasteiger partial charge in [0.05, 0.1) is 12.0 Å². The zero-order valence-electron chi connectivity index (χ0n) is 17.0. The second kappa shape index (κ2) is 8.76. The van der Waals surface area contributed by atoms with E-state index in [0.29, 0.717) is 30.1 Å². The minimum Gasteiger partial charge on any atom is -0.497 e. The predicted octanol–water partition coefficient (Wildman–Crippen LogP) is 2.63. The van der Waals surface area contributed by atoms with Crippen LogP contribution in [0.1, 0.15) is 34.9 Å². The fourth-order valence-electron chi connectivity index (χ4n) is 3.63. The van der Waals surface area contributed by atoms with Crippen molar-refractivity contribution in [2.75, 3.05) is 24.9 Å². The number of sulfonamides is 1. The van der Waals surface area contributed by atoms with Crippen molar-refractivity contribution >= 4 is 21.6 Å². The van der Waals surface area contributed by atoms with Crippen LogP contribution < -0.4 is 9.46 Å². The number of methoxy groups -OCH3 is 1. The summed E-state index contributed by atoms with van der Waals surface area (Å²) in [5.41, 5.74) is 0.870. The average Bonchev–Trinajstić information content (AvgIpc) is 3.34. The van der Waals surface area contributed by atoms with Gasteiger partial charge in [0.2, 0.25) is 0 Å². The van der Waals surface area contributed by atoms with Crippen LogP contribution in [0.3, 0.4) is 0 Å². The van der Waals surface area contributed by atoms with Crippen molar-refractivity contribution in [3.8, 4) is 5.75 Å². The van der Waals surface area contributed by atoms with Crippen LogP contribution in [0.5, 0.6) is 5.75 Å². The average molecular weight is 442 g/mol. The van der Waals surface area contributed by atoms with Crippen molar-refractivity contribution in [3.05, 3.63) is 66.2 Å². The first kappa shape index (κ1) is 20.9. The number of H-pyrrole nitrogens is 1. The lowest BCUT2D eigenvalue weighted by molar-refractivity contribution is 0.0704. The lowest BCUT2D eigenvalue weighted by Gasteiger charge is -2.31. The highest BCUT2D eigenvalue weighted by molar-refractivity contribution is 7.92. The molecule has 1 aliphatic rings. The molecule has 1 saturated heterocycles. The first-order chi connectivity index (χ1) is 15.0. The fourth-order valence-corrected chi connectivity index (χ4v) is 4.69. The molecule has 0 spiro atoms. The maximum absolute atomic E-state index is 12.9.